The van der Waals surface area contributed by atoms with Gasteiger partial charge in [-0.15, -0.1) is 0 Å². The number of imidazole rings is 1. The molecule has 2 aromatic heterocycles. The molecule has 196 valence electrons. The van der Waals surface area contributed by atoms with Gasteiger partial charge < -0.3 is 19.8 Å². The van der Waals surface area contributed by atoms with Crippen molar-refractivity contribution in [2.45, 2.75) is 38.5 Å². The Kier molecular flexibility index (Phi) is 6.47. The minimum Gasteiger partial charge on any atom is -0.481 e. The van der Waals surface area contributed by atoms with Crippen molar-refractivity contribution in [3.05, 3.63) is 65.2 Å². The molecule has 0 saturated heterocycles. The lowest BCUT2D eigenvalue weighted by molar-refractivity contribution is -0.142. The van der Waals surface area contributed by atoms with Crippen molar-refractivity contribution in [3.63, 3.8) is 0 Å². The van der Waals surface area contributed by atoms with Crippen molar-refractivity contribution in [3.8, 4) is 17.5 Å². The Balaban J connectivity index is 1.78. The third-order valence-electron chi connectivity index (χ3n) is 5.42. The predicted octanol–water partition coefficient (Wildman–Crippen LogP) is 7.84. The summed E-state index contributed by atoms with van der Waals surface area (Å²) in [6.45, 7) is 5.99. The molecule has 2 heterocycles. The van der Waals surface area contributed by atoms with Gasteiger partial charge in [0.15, 0.2) is 0 Å². The molecule has 0 bridgehead atoms. The second kappa shape index (κ2) is 9.16. The van der Waals surface area contributed by atoms with E-state index < -0.39 is 34.5 Å². The van der Waals surface area contributed by atoms with Crippen LogP contribution in [0.2, 0.25) is 0 Å². The first kappa shape index (κ1) is 26.1. The second-order valence-corrected chi connectivity index (χ2v) is 9.18. The zero-order valence-electron chi connectivity index (χ0n) is 20.1. The van der Waals surface area contributed by atoms with E-state index in [1.54, 1.807) is 12.1 Å². The molecule has 0 aliphatic heterocycles. The van der Waals surface area contributed by atoms with Gasteiger partial charge in [-0.2, -0.15) is 31.3 Å². The molecule has 0 fully saturated rings. The molecule has 0 atom stereocenters. The van der Waals surface area contributed by atoms with Crippen molar-refractivity contribution >= 4 is 22.7 Å². The molecule has 4 rings (SSSR count). The summed E-state index contributed by atoms with van der Waals surface area (Å²) in [7, 11) is 1.40. The molecule has 0 aliphatic carbocycles. The number of methoxy groups -OCH3 is 1. The Labute approximate surface area is 207 Å². The van der Waals surface area contributed by atoms with Crippen LogP contribution in [0, 0.1) is 0 Å². The average Bonchev–Trinajstić information content (AvgIpc) is 3.20. The lowest BCUT2D eigenvalue weighted by Crippen LogP contribution is -2.12. The van der Waals surface area contributed by atoms with Gasteiger partial charge in [0.25, 0.3) is 0 Å². The number of hydrogen-bond acceptors (Lipinski definition) is 5. The lowest BCUT2D eigenvalue weighted by Gasteiger charge is -2.23. The van der Waals surface area contributed by atoms with Crippen molar-refractivity contribution in [2.75, 3.05) is 12.4 Å². The molecule has 0 radical (unpaired) electrons. The van der Waals surface area contributed by atoms with Gasteiger partial charge in [-0.3, -0.25) is 0 Å². The fourth-order valence-electron chi connectivity index (χ4n) is 3.67. The second-order valence-electron chi connectivity index (χ2n) is 9.18. The standard InChI is InChI=1S/C25H22F6N4O2/c1-23(2,3)14-7-5-6-8-18(14)37-21-16(9-10-19(34-21)36-4)32-22-33-17-12-13(24(26,27)28)11-15(20(17)35-22)25(29,30)31/h5-12H,1-4H3,(H2,32,33,35). The van der Waals surface area contributed by atoms with Crippen LogP contribution in [0.3, 0.4) is 0 Å². The first-order valence-electron chi connectivity index (χ1n) is 10.9. The van der Waals surface area contributed by atoms with Crippen LogP contribution < -0.4 is 14.8 Å². The maximum atomic E-state index is 13.6. The third kappa shape index (κ3) is 5.57. The number of aromatic nitrogens is 3. The summed E-state index contributed by atoms with van der Waals surface area (Å²) in [6, 6.07) is 10.9. The predicted molar refractivity (Wildman–Crippen MR) is 125 cm³/mol. The number of fused-ring (bicyclic) bond motifs is 1. The fourth-order valence-corrected chi connectivity index (χ4v) is 3.67. The van der Waals surface area contributed by atoms with Crippen molar-refractivity contribution in [1.29, 1.82) is 0 Å². The van der Waals surface area contributed by atoms with Crippen LogP contribution in [0.15, 0.2) is 48.5 Å². The maximum absolute atomic E-state index is 13.6. The van der Waals surface area contributed by atoms with E-state index in [-0.39, 0.29) is 34.9 Å². The number of aromatic amines is 1. The minimum absolute atomic E-state index is 0.0172. The molecule has 2 aromatic carbocycles. The molecule has 0 saturated carbocycles. The number of para-hydroxylation sites is 1. The van der Waals surface area contributed by atoms with Gasteiger partial charge in [0.1, 0.15) is 17.0 Å². The summed E-state index contributed by atoms with van der Waals surface area (Å²) >= 11 is 0. The summed E-state index contributed by atoms with van der Waals surface area (Å²) in [5.74, 6) is 0.467. The van der Waals surface area contributed by atoms with Gasteiger partial charge in [-0.25, -0.2) is 4.98 Å². The van der Waals surface area contributed by atoms with Gasteiger partial charge in [0, 0.05) is 11.6 Å². The number of pyridine rings is 1. The van der Waals surface area contributed by atoms with Crippen LogP contribution in [0.5, 0.6) is 17.5 Å². The number of alkyl halides is 6. The Bertz CT molecular complexity index is 1440. The highest BCUT2D eigenvalue weighted by atomic mass is 19.4. The molecular formula is C25H22F6N4O2. The number of anilines is 2. The molecule has 0 aliphatic rings. The van der Waals surface area contributed by atoms with Crippen LogP contribution >= 0.6 is 0 Å². The van der Waals surface area contributed by atoms with E-state index in [0.717, 1.165) is 5.56 Å². The van der Waals surface area contributed by atoms with E-state index in [2.05, 4.69) is 20.3 Å². The van der Waals surface area contributed by atoms with E-state index in [4.69, 9.17) is 9.47 Å². The fraction of sp³-hybridized carbons (Fsp3) is 0.280. The Morgan fingerprint density at radius 3 is 2.16 bits per heavy atom. The third-order valence-corrected chi connectivity index (χ3v) is 5.42. The normalized spacial score (nSPS) is 12.6. The van der Waals surface area contributed by atoms with Gasteiger partial charge in [-0.1, -0.05) is 39.0 Å². The number of H-pyrrole nitrogens is 1. The highest BCUT2D eigenvalue weighted by Gasteiger charge is 2.39. The van der Waals surface area contributed by atoms with E-state index in [0.29, 0.717) is 11.8 Å². The average molecular weight is 524 g/mol. The lowest BCUT2D eigenvalue weighted by atomic mass is 9.86. The summed E-state index contributed by atoms with van der Waals surface area (Å²) in [4.78, 5) is 10.6. The van der Waals surface area contributed by atoms with E-state index in [9.17, 15) is 26.3 Å². The molecule has 2 N–H and O–H groups in total. The number of ether oxygens (including phenoxy) is 2. The molecular weight excluding hydrogens is 502 g/mol. The van der Waals surface area contributed by atoms with Crippen LogP contribution in [-0.2, 0) is 17.8 Å². The highest BCUT2D eigenvalue weighted by Crippen LogP contribution is 2.41. The zero-order valence-corrected chi connectivity index (χ0v) is 20.1. The maximum Gasteiger partial charge on any atom is 0.418 e. The van der Waals surface area contributed by atoms with Gasteiger partial charge in [0.2, 0.25) is 17.7 Å². The summed E-state index contributed by atoms with van der Waals surface area (Å²) in [5.41, 5.74) is -3.29. The van der Waals surface area contributed by atoms with Gasteiger partial charge >= 0.3 is 12.4 Å². The van der Waals surface area contributed by atoms with Gasteiger partial charge in [0.05, 0.1) is 23.8 Å². The van der Waals surface area contributed by atoms with Gasteiger partial charge in [-0.05, 0) is 29.7 Å². The number of rotatable bonds is 5. The molecule has 6 nitrogen and oxygen atoms in total. The SMILES string of the molecule is COc1ccc(Nc2nc3c(C(F)(F)F)cc(C(F)(F)F)cc3[nH]2)c(Oc2ccccc2C(C)(C)C)n1. The Morgan fingerprint density at radius 2 is 1.54 bits per heavy atom. The smallest absolute Gasteiger partial charge is 0.418 e. The topological polar surface area (TPSA) is 72.1 Å². The van der Waals surface area contributed by atoms with Crippen molar-refractivity contribution in [1.82, 2.24) is 15.0 Å². The quantitative estimate of drug-likeness (QED) is 0.260. The largest absolute Gasteiger partial charge is 0.481 e. The monoisotopic (exact) mass is 524 g/mol. The zero-order chi connectivity index (χ0) is 27.2. The summed E-state index contributed by atoms with van der Waals surface area (Å²) < 4.78 is 91.6. The van der Waals surface area contributed by atoms with Crippen molar-refractivity contribution in [2.24, 2.45) is 0 Å². The van der Waals surface area contributed by atoms with Crippen LogP contribution in [-0.4, -0.2) is 22.1 Å². The Hall–Kier alpha value is -3.96. The molecule has 0 unspecified atom stereocenters. The first-order chi connectivity index (χ1) is 17.2. The number of nitrogens with one attached hydrogen (secondary N) is 2. The number of nitrogens with zero attached hydrogens (tertiary/aromatic N) is 2. The molecule has 0 amide bonds. The van der Waals surface area contributed by atoms with Crippen molar-refractivity contribution < 1.29 is 35.8 Å². The first-order valence-corrected chi connectivity index (χ1v) is 10.9. The van der Waals surface area contributed by atoms with Crippen LogP contribution in [0.4, 0.5) is 38.0 Å². The molecule has 12 heteroatoms. The van der Waals surface area contributed by atoms with E-state index in [1.807, 2.05) is 32.9 Å². The molecule has 0 spiro atoms. The molecule has 4 aromatic rings. The summed E-state index contributed by atoms with van der Waals surface area (Å²) in [6.07, 6.45) is -10.0. The Morgan fingerprint density at radius 1 is 0.838 bits per heavy atom. The molecule has 37 heavy (non-hydrogen) atoms. The van der Waals surface area contributed by atoms with E-state index >= 15 is 0 Å². The number of benzene rings is 2. The van der Waals surface area contributed by atoms with Crippen LogP contribution in [0.25, 0.3) is 11.0 Å². The minimum atomic E-state index is -5.06. The van der Waals surface area contributed by atoms with Crippen LogP contribution in [0.1, 0.15) is 37.5 Å². The number of halogens is 6. The highest BCUT2D eigenvalue weighted by molar-refractivity contribution is 5.83. The summed E-state index contributed by atoms with van der Waals surface area (Å²) in [5, 5.41) is 2.77. The number of hydrogen-bond donors (Lipinski definition) is 2. The van der Waals surface area contributed by atoms with E-state index in [1.165, 1.54) is 19.2 Å².